The van der Waals surface area contributed by atoms with Crippen molar-refractivity contribution in [3.63, 3.8) is 0 Å². The molecule has 2 aromatic carbocycles. The van der Waals surface area contributed by atoms with Crippen LogP contribution in [0.4, 0.5) is 11.4 Å². The molecule has 0 atom stereocenters. The summed E-state index contributed by atoms with van der Waals surface area (Å²) in [5, 5.41) is 11.6. The molecular formula is C30H32N6O4. The van der Waals surface area contributed by atoms with Crippen LogP contribution < -0.4 is 4.90 Å². The van der Waals surface area contributed by atoms with E-state index in [9.17, 15) is 14.7 Å². The lowest BCUT2D eigenvalue weighted by atomic mass is 10.0. The fourth-order valence-electron chi connectivity index (χ4n) is 4.77. The van der Waals surface area contributed by atoms with Crippen LogP contribution in [-0.4, -0.2) is 96.4 Å². The van der Waals surface area contributed by atoms with E-state index in [0.29, 0.717) is 40.0 Å². The molecule has 1 aliphatic heterocycles. The topological polar surface area (TPSA) is 114 Å². The summed E-state index contributed by atoms with van der Waals surface area (Å²) in [6.45, 7) is 4.07. The highest BCUT2D eigenvalue weighted by molar-refractivity contribution is 6.22. The Morgan fingerprint density at radius 2 is 1.73 bits per heavy atom. The zero-order valence-electron chi connectivity index (χ0n) is 22.8. The number of likely N-dealkylation sites (N-methyl/N-ethyl adjacent to an activating group) is 2. The minimum absolute atomic E-state index is 0.0355. The molecule has 10 nitrogen and oxygen atoms in total. The molecule has 1 fully saturated rings. The summed E-state index contributed by atoms with van der Waals surface area (Å²) in [5.41, 5.74) is 4.15. The van der Waals surface area contributed by atoms with Gasteiger partial charge in [0, 0.05) is 67.8 Å². The molecule has 40 heavy (non-hydrogen) atoms. The molecular weight excluding hydrogens is 508 g/mol. The number of esters is 1. The molecule has 1 saturated heterocycles. The van der Waals surface area contributed by atoms with Gasteiger partial charge in [0.15, 0.2) is 5.88 Å². The number of hydrogen-bond donors (Lipinski definition) is 2. The van der Waals surface area contributed by atoms with E-state index in [1.54, 1.807) is 42.5 Å². The number of nitrogens with one attached hydrogen (secondary N) is 1. The number of carbonyl (C=O) groups is 2. The first-order chi connectivity index (χ1) is 19.3. The Morgan fingerprint density at radius 3 is 2.40 bits per heavy atom. The predicted molar refractivity (Wildman–Crippen MR) is 155 cm³/mol. The van der Waals surface area contributed by atoms with E-state index in [0.717, 1.165) is 37.4 Å². The summed E-state index contributed by atoms with van der Waals surface area (Å²) in [6.07, 6.45) is 3.33. The Morgan fingerprint density at radius 1 is 1.02 bits per heavy atom. The molecule has 0 bridgehead atoms. The summed E-state index contributed by atoms with van der Waals surface area (Å²) in [6, 6.07) is 16.1. The Hall–Kier alpha value is -4.54. The maximum atomic E-state index is 12.9. The number of nitrogens with zero attached hydrogens (tertiary/aromatic N) is 5. The first-order valence-electron chi connectivity index (χ1n) is 13.0. The van der Waals surface area contributed by atoms with E-state index in [1.165, 1.54) is 7.11 Å². The number of amides is 1. The molecule has 2 aromatic heterocycles. The quantitative estimate of drug-likeness (QED) is 0.273. The van der Waals surface area contributed by atoms with Crippen LogP contribution in [0.25, 0.3) is 10.9 Å². The van der Waals surface area contributed by atoms with Crippen LogP contribution in [0.2, 0.25) is 0 Å². The number of carbonyl (C=O) groups excluding carboxylic acids is 2. The molecule has 0 spiro atoms. The second-order valence-electron chi connectivity index (χ2n) is 9.85. The van der Waals surface area contributed by atoms with Gasteiger partial charge in [0.25, 0.3) is 0 Å². The second kappa shape index (κ2) is 11.7. The zero-order chi connectivity index (χ0) is 28.2. The van der Waals surface area contributed by atoms with Gasteiger partial charge >= 0.3 is 5.97 Å². The van der Waals surface area contributed by atoms with Crippen molar-refractivity contribution in [1.82, 2.24) is 19.8 Å². The van der Waals surface area contributed by atoms with Crippen molar-refractivity contribution >= 4 is 39.9 Å². The molecule has 0 radical (unpaired) electrons. The van der Waals surface area contributed by atoms with E-state index in [4.69, 9.17) is 9.73 Å². The summed E-state index contributed by atoms with van der Waals surface area (Å²) < 4.78 is 4.83. The van der Waals surface area contributed by atoms with Crippen LogP contribution in [0.5, 0.6) is 5.88 Å². The SMILES string of the molecule is COC(=O)c1ccc2c(C(=Nc3ccc(N(C)C(=O)CN4CCN(C)CC4)cc3)c3ccncc3)c(O)[nH]c2c1. The summed E-state index contributed by atoms with van der Waals surface area (Å²) in [4.78, 5) is 43.0. The number of piperazine rings is 1. The van der Waals surface area contributed by atoms with Crippen molar-refractivity contribution in [2.24, 2.45) is 4.99 Å². The van der Waals surface area contributed by atoms with E-state index in [1.807, 2.05) is 36.4 Å². The average molecular weight is 541 g/mol. The molecule has 2 N–H and O–H groups in total. The smallest absolute Gasteiger partial charge is 0.337 e. The van der Waals surface area contributed by atoms with Crippen molar-refractivity contribution in [2.75, 3.05) is 58.8 Å². The molecule has 10 heteroatoms. The molecule has 5 rings (SSSR count). The number of H-pyrrole nitrogens is 1. The minimum Gasteiger partial charge on any atom is -0.494 e. The van der Waals surface area contributed by atoms with Gasteiger partial charge < -0.3 is 24.6 Å². The van der Waals surface area contributed by atoms with Crippen LogP contribution in [0.15, 0.2) is 72.0 Å². The van der Waals surface area contributed by atoms with Gasteiger partial charge in [-0.15, -0.1) is 0 Å². The van der Waals surface area contributed by atoms with Crippen LogP contribution in [0.1, 0.15) is 21.5 Å². The average Bonchev–Trinajstić information content (AvgIpc) is 3.31. The fraction of sp³-hybridized carbons (Fsp3) is 0.267. The number of aromatic nitrogens is 2. The third-order valence-electron chi connectivity index (χ3n) is 7.20. The monoisotopic (exact) mass is 540 g/mol. The maximum Gasteiger partial charge on any atom is 0.337 e. The third-order valence-corrected chi connectivity index (χ3v) is 7.20. The molecule has 0 unspecified atom stereocenters. The van der Waals surface area contributed by atoms with E-state index in [2.05, 4.69) is 26.8 Å². The van der Waals surface area contributed by atoms with Gasteiger partial charge in [-0.3, -0.25) is 14.7 Å². The van der Waals surface area contributed by atoms with Gasteiger partial charge in [0.1, 0.15) is 0 Å². The van der Waals surface area contributed by atoms with Crippen molar-refractivity contribution in [3.05, 3.63) is 83.7 Å². The lowest BCUT2D eigenvalue weighted by Crippen LogP contribution is -2.48. The summed E-state index contributed by atoms with van der Waals surface area (Å²) >= 11 is 0. The van der Waals surface area contributed by atoms with E-state index >= 15 is 0 Å². The summed E-state index contributed by atoms with van der Waals surface area (Å²) in [5.74, 6) is -0.501. The van der Waals surface area contributed by atoms with Gasteiger partial charge in [0.2, 0.25) is 5.91 Å². The predicted octanol–water partition coefficient (Wildman–Crippen LogP) is 3.43. The van der Waals surface area contributed by atoms with Gasteiger partial charge in [0.05, 0.1) is 36.2 Å². The number of pyridine rings is 1. The second-order valence-corrected chi connectivity index (χ2v) is 9.85. The third kappa shape index (κ3) is 5.73. The first-order valence-corrected chi connectivity index (χ1v) is 13.0. The van der Waals surface area contributed by atoms with E-state index in [-0.39, 0.29) is 11.8 Å². The Labute approximate surface area is 232 Å². The maximum absolute atomic E-state index is 12.9. The number of anilines is 1. The largest absolute Gasteiger partial charge is 0.494 e. The Balaban J connectivity index is 1.44. The number of rotatable bonds is 7. The minimum atomic E-state index is -0.465. The van der Waals surface area contributed by atoms with Gasteiger partial charge in [-0.1, -0.05) is 6.07 Å². The molecule has 3 heterocycles. The molecule has 1 aliphatic rings. The van der Waals surface area contributed by atoms with Crippen molar-refractivity contribution < 1.29 is 19.4 Å². The molecule has 0 saturated carbocycles. The number of methoxy groups -OCH3 is 1. The van der Waals surface area contributed by atoms with Crippen LogP contribution in [-0.2, 0) is 9.53 Å². The molecule has 4 aromatic rings. The number of ether oxygens (including phenoxy) is 1. The Kier molecular flexibility index (Phi) is 7.90. The fourth-order valence-corrected chi connectivity index (χ4v) is 4.77. The van der Waals surface area contributed by atoms with Gasteiger partial charge in [-0.25, -0.2) is 9.79 Å². The number of hydrogen-bond acceptors (Lipinski definition) is 8. The van der Waals surface area contributed by atoms with Gasteiger partial charge in [-0.05, 0) is 55.6 Å². The number of aromatic amines is 1. The molecule has 206 valence electrons. The highest BCUT2D eigenvalue weighted by Gasteiger charge is 2.21. The normalized spacial score (nSPS) is 14.8. The Bertz CT molecular complexity index is 1540. The number of fused-ring (bicyclic) bond motifs is 1. The number of benzene rings is 2. The zero-order valence-corrected chi connectivity index (χ0v) is 22.8. The van der Waals surface area contributed by atoms with Crippen LogP contribution in [0, 0.1) is 0 Å². The highest BCUT2D eigenvalue weighted by Crippen LogP contribution is 2.32. The van der Waals surface area contributed by atoms with Crippen LogP contribution in [0.3, 0.4) is 0 Å². The first kappa shape index (κ1) is 27.0. The van der Waals surface area contributed by atoms with E-state index < -0.39 is 5.97 Å². The highest BCUT2D eigenvalue weighted by atomic mass is 16.5. The van der Waals surface area contributed by atoms with Crippen molar-refractivity contribution in [3.8, 4) is 5.88 Å². The lowest BCUT2D eigenvalue weighted by molar-refractivity contribution is -0.119. The number of aliphatic imine (C=N–C) groups is 1. The number of aromatic hydroxyl groups is 1. The summed E-state index contributed by atoms with van der Waals surface area (Å²) in [7, 11) is 5.20. The molecule has 1 amide bonds. The standard InChI is InChI=1S/C30H32N6O4/c1-34-14-16-36(17-15-34)19-26(37)35(2)23-7-5-22(6-8-23)32-28(20-10-12-31-13-11-20)27-24-9-4-21(30(39)40-3)18-25(24)33-29(27)38/h4-13,18,33,38H,14-17,19H2,1-3H3. The van der Waals surface area contributed by atoms with Crippen molar-refractivity contribution in [1.29, 1.82) is 0 Å². The van der Waals surface area contributed by atoms with Gasteiger partial charge in [-0.2, -0.15) is 0 Å². The molecule has 0 aliphatic carbocycles. The van der Waals surface area contributed by atoms with Crippen molar-refractivity contribution in [2.45, 2.75) is 0 Å². The lowest BCUT2D eigenvalue weighted by Gasteiger charge is -2.32. The van der Waals surface area contributed by atoms with Crippen LogP contribution >= 0.6 is 0 Å².